The Morgan fingerprint density at radius 3 is 2.94 bits per heavy atom. The van der Waals surface area contributed by atoms with Gasteiger partial charge in [0.1, 0.15) is 0 Å². The molecule has 1 saturated carbocycles. The largest absolute Gasteiger partial charge is 0.334 e. The third kappa shape index (κ3) is 2.01. The molecule has 1 N–H and O–H groups in total. The van der Waals surface area contributed by atoms with Crippen molar-refractivity contribution in [1.29, 1.82) is 0 Å². The van der Waals surface area contributed by atoms with Gasteiger partial charge < -0.3 is 9.88 Å². The van der Waals surface area contributed by atoms with E-state index in [4.69, 9.17) is 0 Å². The molecule has 1 aromatic heterocycles. The Morgan fingerprint density at radius 1 is 1.35 bits per heavy atom. The van der Waals surface area contributed by atoms with Crippen molar-refractivity contribution in [2.75, 3.05) is 6.54 Å². The first-order valence-corrected chi connectivity index (χ1v) is 7.17. The van der Waals surface area contributed by atoms with Crippen LogP contribution in [0, 0.1) is 5.92 Å². The van der Waals surface area contributed by atoms with Crippen LogP contribution in [0.4, 0.5) is 0 Å². The molecule has 1 fully saturated rings. The molecule has 0 spiro atoms. The maximum absolute atomic E-state index is 4.68. The highest BCUT2D eigenvalue weighted by atomic mass is 15.1. The topological polar surface area (TPSA) is 29.9 Å². The average molecular weight is 233 g/mol. The molecule has 2 heterocycles. The molecule has 0 bridgehead atoms. The Kier molecular flexibility index (Phi) is 3.19. The number of hydrogen-bond acceptors (Lipinski definition) is 2. The van der Waals surface area contributed by atoms with Crippen LogP contribution < -0.4 is 5.32 Å². The van der Waals surface area contributed by atoms with Gasteiger partial charge in [0.25, 0.3) is 0 Å². The second-order valence-corrected chi connectivity index (χ2v) is 5.44. The van der Waals surface area contributed by atoms with Crippen molar-refractivity contribution in [3.63, 3.8) is 0 Å². The SMILES string of the molecule is CCn1cnc2c1CCNC2C1CCCCC1. The first kappa shape index (κ1) is 11.3. The van der Waals surface area contributed by atoms with E-state index in [9.17, 15) is 0 Å². The lowest BCUT2D eigenvalue weighted by Crippen LogP contribution is -2.36. The van der Waals surface area contributed by atoms with Crippen LogP contribution in [0.5, 0.6) is 0 Å². The van der Waals surface area contributed by atoms with E-state index in [-0.39, 0.29) is 0 Å². The van der Waals surface area contributed by atoms with Gasteiger partial charge in [-0.05, 0) is 25.7 Å². The number of nitrogens with one attached hydrogen (secondary N) is 1. The molecule has 1 aliphatic heterocycles. The highest BCUT2D eigenvalue weighted by Gasteiger charge is 2.31. The Bertz CT molecular complexity index is 377. The third-order valence-corrected chi connectivity index (χ3v) is 4.46. The predicted molar refractivity (Wildman–Crippen MR) is 68.9 cm³/mol. The number of aryl methyl sites for hydroxylation is 1. The Balaban J connectivity index is 1.85. The van der Waals surface area contributed by atoms with Crippen molar-refractivity contribution in [3.05, 3.63) is 17.7 Å². The summed E-state index contributed by atoms with van der Waals surface area (Å²) in [5.41, 5.74) is 2.84. The quantitative estimate of drug-likeness (QED) is 0.851. The average Bonchev–Trinajstić information content (AvgIpc) is 2.82. The first-order chi connectivity index (χ1) is 8.40. The van der Waals surface area contributed by atoms with Crippen molar-refractivity contribution in [3.8, 4) is 0 Å². The summed E-state index contributed by atoms with van der Waals surface area (Å²) in [5, 5.41) is 3.71. The van der Waals surface area contributed by atoms with E-state index >= 15 is 0 Å². The van der Waals surface area contributed by atoms with E-state index in [1.807, 2.05) is 6.33 Å². The van der Waals surface area contributed by atoms with Crippen molar-refractivity contribution in [2.24, 2.45) is 5.92 Å². The summed E-state index contributed by atoms with van der Waals surface area (Å²) in [4.78, 5) is 4.68. The molecule has 3 rings (SSSR count). The van der Waals surface area contributed by atoms with Gasteiger partial charge in [0.2, 0.25) is 0 Å². The minimum atomic E-state index is 0.534. The fourth-order valence-electron chi connectivity index (χ4n) is 3.53. The molecule has 3 nitrogen and oxygen atoms in total. The second kappa shape index (κ2) is 4.81. The molecule has 2 aliphatic rings. The van der Waals surface area contributed by atoms with Crippen LogP contribution >= 0.6 is 0 Å². The van der Waals surface area contributed by atoms with E-state index in [0.717, 1.165) is 25.4 Å². The van der Waals surface area contributed by atoms with Gasteiger partial charge in [-0.15, -0.1) is 0 Å². The first-order valence-electron chi connectivity index (χ1n) is 7.17. The van der Waals surface area contributed by atoms with Crippen LogP contribution in [-0.2, 0) is 13.0 Å². The fraction of sp³-hybridized carbons (Fsp3) is 0.786. The Morgan fingerprint density at radius 2 is 2.18 bits per heavy atom. The van der Waals surface area contributed by atoms with Crippen LogP contribution in [0.25, 0.3) is 0 Å². The van der Waals surface area contributed by atoms with Gasteiger partial charge in [0.05, 0.1) is 18.1 Å². The van der Waals surface area contributed by atoms with Crippen LogP contribution in [0.1, 0.15) is 56.5 Å². The van der Waals surface area contributed by atoms with Gasteiger partial charge in [0.15, 0.2) is 0 Å². The number of hydrogen-bond donors (Lipinski definition) is 1. The molecule has 0 saturated heterocycles. The lowest BCUT2D eigenvalue weighted by Gasteiger charge is -2.33. The van der Waals surface area contributed by atoms with E-state index in [0.29, 0.717) is 6.04 Å². The summed E-state index contributed by atoms with van der Waals surface area (Å²) in [6, 6.07) is 0.534. The van der Waals surface area contributed by atoms with Crippen LogP contribution in [0.15, 0.2) is 6.33 Å². The highest BCUT2D eigenvalue weighted by molar-refractivity contribution is 5.22. The predicted octanol–water partition coefficient (Wildman–Crippen LogP) is 2.67. The van der Waals surface area contributed by atoms with E-state index in [1.54, 1.807) is 0 Å². The molecular formula is C14H23N3. The molecule has 0 radical (unpaired) electrons. The fourth-order valence-corrected chi connectivity index (χ4v) is 3.53. The van der Waals surface area contributed by atoms with Gasteiger partial charge in [-0.3, -0.25) is 0 Å². The monoisotopic (exact) mass is 233 g/mol. The summed E-state index contributed by atoms with van der Waals surface area (Å²) in [5.74, 6) is 0.822. The number of rotatable bonds is 2. The standard InChI is InChI=1S/C14H23N3/c1-2-17-10-16-14-12(17)8-9-15-13(14)11-6-4-3-5-7-11/h10-11,13,15H,2-9H2,1H3. The number of fused-ring (bicyclic) bond motifs is 1. The Hall–Kier alpha value is -0.830. The molecule has 3 heteroatoms. The zero-order valence-electron chi connectivity index (χ0n) is 10.8. The van der Waals surface area contributed by atoms with Crippen LogP contribution in [-0.4, -0.2) is 16.1 Å². The summed E-state index contributed by atoms with van der Waals surface area (Å²) >= 11 is 0. The van der Waals surface area contributed by atoms with E-state index < -0.39 is 0 Å². The van der Waals surface area contributed by atoms with Gasteiger partial charge in [-0.1, -0.05) is 19.3 Å². The lowest BCUT2D eigenvalue weighted by atomic mass is 9.81. The third-order valence-electron chi connectivity index (χ3n) is 4.46. The van der Waals surface area contributed by atoms with Gasteiger partial charge in [0, 0.05) is 25.2 Å². The molecule has 17 heavy (non-hydrogen) atoms. The molecule has 94 valence electrons. The van der Waals surface area contributed by atoms with E-state index in [2.05, 4.69) is 21.8 Å². The second-order valence-electron chi connectivity index (χ2n) is 5.44. The number of aromatic nitrogens is 2. The summed E-state index contributed by atoms with van der Waals surface area (Å²) < 4.78 is 2.33. The summed E-state index contributed by atoms with van der Waals surface area (Å²) in [6.45, 7) is 4.39. The maximum atomic E-state index is 4.68. The zero-order valence-corrected chi connectivity index (χ0v) is 10.8. The number of imidazole rings is 1. The normalized spacial score (nSPS) is 25.8. The smallest absolute Gasteiger partial charge is 0.0952 e. The molecule has 0 aromatic carbocycles. The minimum Gasteiger partial charge on any atom is -0.334 e. The maximum Gasteiger partial charge on any atom is 0.0952 e. The van der Waals surface area contributed by atoms with Gasteiger partial charge >= 0.3 is 0 Å². The van der Waals surface area contributed by atoms with Crippen LogP contribution in [0.2, 0.25) is 0 Å². The molecule has 1 atom stereocenters. The van der Waals surface area contributed by atoms with Gasteiger partial charge in [-0.25, -0.2) is 4.98 Å². The zero-order chi connectivity index (χ0) is 11.7. The van der Waals surface area contributed by atoms with Crippen molar-refractivity contribution in [1.82, 2.24) is 14.9 Å². The van der Waals surface area contributed by atoms with Gasteiger partial charge in [-0.2, -0.15) is 0 Å². The number of nitrogens with zero attached hydrogens (tertiary/aromatic N) is 2. The molecule has 1 unspecified atom stereocenters. The van der Waals surface area contributed by atoms with Crippen molar-refractivity contribution < 1.29 is 0 Å². The van der Waals surface area contributed by atoms with Crippen LogP contribution in [0.3, 0.4) is 0 Å². The summed E-state index contributed by atoms with van der Waals surface area (Å²) in [7, 11) is 0. The summed E-state index contributed by atoms with van der Waals surface area (Å²) in [6.07, 6.45) is 10.2. The molecule has 1 aliphatic carbocycles. The molecule has 1 aromatic rings. The van der Waals surface area contributed by atoms with Crippen molar-refractivity contribution in [2.45, 2.75) is 58.0 Å². The highest BCUT2D eigenvalue weighted by Crippen LogP contribution is 2.36. The van der Waals surface area contributed by atoms with Crippen molar-refractivity contribution >= 4 is 0 Å². The molecular weight excluding hydrogens is 210 g/mol. The minimum absolute atomic E-state index is 0.534. The molecule has 0 amide bonds. The Labute approximate surface area is 104 Å². The lowest BCUT2D eigenvalue weighted by molar-refractivity contribution is 0.260. The van der Waals surface area contributed by atoms with E-state index in [1.165, 1.54) is 43.5 Å².